The molecular formula is C14H12ClNO4S. The van der Waals surface area contributed by atoms with Gasteiger partial charge in [-0.05, 0) is 17.0 Å². The van der Waals surface area contributed by atoms with Gasteiger partial charge in [0.2, 0.25) is 5.91 Å². The van der Waals surface area contributed by atoms with Crippen molar-refractivity contribution >= 4 is 36.6 Å². The summed E-state index contributed by atoms with van der Waals surface area (Å²) in [5.74, 6) is 0.204. The summed E-state index contributed by atoms with van der Waals surface area (Å²) in [6.07, 6.45) is 0.127. The molecular weight excluding hydrogens is 314 g/mol. The Hall–Kier alpha value is -1.79. The van der Waals surface area contributed by atoms with E-state index in [0.717, 1.165) is 20.6 Å². The van der Waals surface area contributed by atoms with Crippen molar-refractivity contribution < 1.29 is 17.9 Å². The smallest absolute Gasteiger partial charge is 0.324 e. The molecule has 1 saturated heterocycles. The van der Waals surface area contributed by atoms with E-state index in [1.807, 2.05) is 24.3 Å². The summed E-state index contributed by atoms with van der Waals surface area (Å²) in [7, 11) is 2.84. The lowest BCUT2D eigenvalue weighted by atomic mass is 9.92. The molecule has 7 heteroatoms. The standard InChI is InChI=1S/C14H12ClNO4S/c1-20-13-7-6-10(9-4-2-3-5-11(9)13)12-8-14(17)16(12)21(15,18)19/h2-7,12H,8H2,1H3. The van der Waals surface area contributed by atoms with E-state index in [4.69, 9.17) is 15.4 Å². The zero-order chi connectivity index (χ0) is 15.2. The number of ether oxygens (including phenoxy) is 1. The molecule has 1 aliphatic heterocycles. The van der Waals surface area contributed by atoms with E-state index in [0.29, 0.717) is 5.75 Å². The van der Waals surface area contributed by atoms with Gasteiger partial charge < -0.3 is 4.74 Å². The SMILES string of the molecule is COc1ccc(C2CC(=O)N2S(=O)(=O)Cl)c2ccccc12. The fraction of sp³-hybridized carbons (Fsp3) is 0.214. The highest BCUT2D eigenvalue weighted by Crippen LogP contribution is 2.42. The molecule has 2 aromatic rings. The van der Waals surface area contributed by atoms with Crippen molar-refractivity contribution in [1.82, 2.24) is 4.31 Å². The predicted molar refractivity (Wildman–Crippen MR) is 79.5 cm³/mol. The van der Waals surface area contributed by atoms with Crippen molar-refractivity contribution in [2.45, 2.75) is 12.5 Å². The molecule has 1 fully saturated rings. The second-order valence-corrected chi connectivity index (χ2v) is 7.14. The van der Waals surface area contributed by atoms with Gasteiger partial charge in [-0.15, -0.1) is 0 Å². The largest absolute Gasteiger partial charge is 0.496 e. The van der Waals surface area contributed by atoms with Gasteiger partial charge in [0.25, 0.3) is 0 Å². The Balaban J connectivity index is 2.17. The van der Waals surface area contributed by atoms with Gasteiger partial charge in [-0.3, -0.25) is 4.79 Å². The Bertz CT molecular complexity index is 834. The number of methoxy groups -OCH3 is 1. The lowest BCUT2D eigenvalue weighted by molar-refractivity contribution is -0.137. The van der Waals surface area contributed by atoms with Gasteiger partial charge in [-0.1, -0.05) is 30.3 Å². The van der Waals surface area contributed by atoms with Crippen LogP contribution >= 0.6 is 10.7 Å². The van der Waals surface area contributed by atoms with E-state index in [9.17, 15) is 13.2 Å². The summed E-state index contributed by atoms with van der Waals surface area (Å²) in [5.41, 5.74) is 0.746. The number of hydrogen-bond donors (Lipinski definition) is 0. The van der Waals surface area contributed by atoms with E-state index < -0.39 is 21.2 Å². The third-order valence-electron chi connectivity index (χ3n) is 3.63. The second kappa shape index (κ2) is 4.89. The first kappa shape index (κ1) is 14.2. The minimum atomic E-state index is -4.07. The lowest BCUT2D eigenvalue weighted by Gasteiger charge is -2.37. The van der Waals surface area contributed by atoms with E-state index >= 15 is 0 Å². The van der Waals surface area contributed by atoms with Crippen LogP contribution in [0.1, 0.15) is 18.0 Å². The molecule has 1 aliphatic rings. The number of benzene rings is 2. The van der Waals surface area contributed by atoms with Gasteiger partial charge in [0.05, 0.1) is 19.6 Å². The molecule has 0 aromatic heterocycles. The summed E-state index contributed by atoms with van der Waals surface area (Å²) in [6, 6.07) is 10.5. The van der Waals surface area contributed by atoms with E-state index in [1.165, 1.54) is 0 Å². The third-order valence-corrected chi connectivity index (χ3v) is 5.00. The number of carbonyl (C=O) groups is 1. The van der Waals surface area contributed by atoms with Gasteiger partial charge in [-0.25, -0.2) is 4.31 Å². The van der Waals surface area contributed by atoms with Crippen LogP contribution in [0.3, 0.4) is 0 Å². The Morgan fingerprint density at radius 1 is 1.19 bits per heavy atom. The topological polar surface area (TPSA) is 63.7 Å². The molecule has 1 heterocycles. The first-order chi connectivity index (χ1) is 9.93. The van der Waals surface area contributed by atoms with Crippen molar-refractivity contribution in [2.24, 2.45) is 0 Å². The minimum absolute atomic E-state index is 0.127. The molecule has 0 bridgehead atoms. The maximum absolute atomic E-state index is 11.6. The molecule has 21 heavy (non-hydrogen) atoms. The number of fused-ring (bicyclic) bond motifs is 1. The van der Waals surface area contributed by atoms with Gasteiger partial charge in [0.1, 0.15) is 5.75 Å². The number of hydrogen-bond acceptors (Lipinski definition) is 4. The number of β-lactam (4-membered cyclic amide) rings is 1. The van der Waals surface area contributed by atoms with Crippen LogP contribution < -0.4 is 4.74 Å². The molecule has 0 radical (unpaired) electrons. The number of rotatable bonds is 3. The maximum atomic E-state index is 11.6. The number of carbonyl (C=O) groups excluding carboxylic acids is 1. The van der Waals surface area contributed by atoms with Crippen molar-refractivity contribution in [3.8, 4) is 5.75 Å². The molecule has 5 nitrogen and oxygen atoms in total. The zero-order valence-electron chi connectivity index (χ0n) is 11.1. The van der Waals surface area contributed by atoms with Crippen LogP contribution in [0.2, 0.25) is 0 Å². The maximum Gasteiger partial charge on any atom is 0.324 e. The summed E-state index contributed by atoms with van der Waals surface area (Å²) < 4.78 is 29.1. The van der Waals surface area contributed by atoms with Crippen LogP contribution in [-0.2, 0) is 14.0 Å². The molecule has 1 atom stereocenters. The number of nitrogens with zero attached hydrogens (tertiary/aromatic N) is 1. The van der Waals surface area contributed by atoms with Gasteiger partial charge in [0, 0.05) is 16.1 Å². The van der Waals surface area contributed by atoms with Crippen LogP contribution in [-0.4, -0.2) is 25.7 Å². The van der Waals surface area contributed by atoms with Gasteiger partial charge in [0.15, 0.2) is 0 Å². The first-order valence-corrected chi connectivity index (χ1v) is 8.52. The van der Waals surface area contributed by atoms with Crippen LogP contribution in [0.25, 0.3) is 10.8 Å². The highest BCUT2D eigenvalue weighted by Gasteiger charge is 2.45. The molecule has 3 rings (SSSR count). The fourth-order valence-electron chi connectivity index (χ4n) is 2.67. The van der Waals surface area contributed by atoms with Crippen LogP contribution in [0.4, 0.5) is 0 Å². The molecule has 1 amide bonds. The Morgan fingerprint density at radius 3 is 2.43 bits per heavy atom. The second-order valence-electron chi connectivity index (χ2n) is 4.75. The average molecular weight is 326 g/mol. The molecule has 110 valence electrons. The zero-order valence-corrected chi connectivity index (χ0v) is 12.7. The normalized spacial score (nSPS) is 18.7. The lowest BCUT2D eigenvalue weighted by Crippen LogP contribution is -2.48. The number of amides is 1. The summed E-state index contributed by atoms with van der Waals surface area (Å²) in [4.78, 5) is 11.6. The molecule has 0 N–H and O–H groups in total. The summed E-state index contributed by atoms with van der Waals surface area (Å²) in [5, 5.41) is 1.71. The Kier molecular flexibility index (Phi) is 3.30. The van der Waals surface area contributed by atoms with Crippen LogP contribution in [0, 0.1) is 0 Å². The number of halogens is 1. The summed E-state index contributed by atoms with van der Waals surface area (Å²) >= 11 is 0. The molecule has 0 saturated carbocycles. The van der Waals surface area contributed by atoms with Crippen molar-refractivity contribution in [2.75, 3.05) is 7.11 Å². The van der Waals surface area contributed by atoms with E-state index in [2.05, 4.69) is 0 Å². The fourth-order valence-corrected chi connectivity index (χ4v) is 4.00. The third kappa shape index (κ3) is 2.24. The van der Waals surface area contributed by atoms with Crippen LogP contribution in [0.5, 0.6) is 5.75 Å². The van der Waals surface area contributed by atoms with E-state index in [1.54, 1.807) is 19.2 Å². The molecule has 2 aromatic carbocycles. The average Bonchev–Trinajstić information content (AvgIpc) is 2.41. The highest BCUT2D eigenvalue weighted by atomic mass is 35.7. The Morgan fingerprint density at radius 2 is 1.86 bits per heavy atom. The van der Waals surface area contributed by atoms with Crippen molar-refractivity contribution in [1.29, 1.82) is 0 Å². The monoisotopic (exact) mass is 325 g/mol. The van der Waals surface area contributed by atoms with Crippen molar-refractivity contribution in [3.05, 3.63) is 42.0 Å². The quantitative estimate of drug-likeness (QED) is 0.643. The first-order valence-electron chi connectivity index (χ1n) is 6.26. The van der Waals surface area contributed by atoms with Crippen LogP contribution in [0.15, 0.2) is 36.4 Å². The molecule has 0 spiro atoms. The minimum Gasteiger partial charge on any atom is -0.496 e. The van der Waals surface area contributed by atoms with Gasteiger partial charge in [-0.2, -0.15) is 8.42 Å². The summed E-state index contributed by atoms with van der Waals surface area (Å²) in [6.45, 7) is 0. The molecule has 0 aliphatic carbocycles. The van der Waals surface area contributed by atoms with E-state index in [-0.39, 0.29) is 6.42 Å². The molecule has 1 unspecified atom stereocenters. The predicted octanol–water partition coefficient (Wildman–Crippen LogP) is 2.61. The Labute approximate surface area is 126 Å². The van der Waals surface area contributed by atoms with Gasteiger partial charge >= 0.3 is 9.24 Å². The highest BCUT2D eigenvalue weighted by molar-refractivity contribution is 8.12. The van der Waals surface area contributed by atoms with Crippen molar-refractivity contribution in [3.63, 3.8) is 0 Å².